The monoisotopic (exact) mass is 306 g/mol. The molecule has 5 heteroatoms. The lowest BCUT2D eigenvalue weighted by atomic mass is 10.0. The number of nitrogens with zero attached hydrogens (tertiary/aromatic N) is 1. The number of nitrogens with one attached hydrogen (secondary N) is 1. The third-order valence-corrected chi connectivity index (χ3v) is 4.59. The molecule has 0 bridgehead atoms. The van der Waals surface area contributed by atoms with E-state index in [9.17, 15) is 9.59 Å². The molecule has 0 spiro atoms. The van der Waals surface area contributed by atoms with Crippen molar-refractivity contribution in [2.45, 2.75) is 38.3 Å². The Labute approximate surface area is 129 Å². The highest BCUT2D eigenvalue weighted by molar-refractivity contribution is 6.30. The van der Waals surface area contributed by atoms with Gasteiger partial charge in [-0.1, -0.05) is 23.7 Å². The fourth-order valence-corrected chi connectivity index (χ4v) is 2.93. The van der Waals surface area contributed by atoms with E-state index in [2.05, 4.69) is 5.32 Å². The maximum Gasteiger partial charge on any atom is 0.246 e. The molecule has 3 rings (SSSR count). The molecule has 1 aliphatic carbocycles. The standard InChI is InChI=1S/C16H19ClN2O2/c1-10-15(20)18-14(12-4-5-12)16(21)19(10)9-8-11-2-6-13(17)7-3-11/h2-3,6-7,10,12,14H,4-5,8-9H2,1H3,(H,18,20). The minimum absolute atomic E-state index is 0.0393. The zero-order valence-corrected chi connectivity index (χ0v) is 12.8. The van der Waals surface area contributed by atoms with Gasteiger partial charge < -0.3 is 10.2 Å². The van der Waals surface area contributed by atoms with Gasteiger partial charge in [0.25, 0.3) is 0 Å². The summed E-state index contributed by atoms with van der Waals surface area (Å²) in [5.41, 5.74) is 1.12. The average molecular weight is 307 g/mol. The Morgan fingerprint density at radius 1 is 1.24 bits per heavy atom. The number of piperazine rings is 1. The molecule has 1 aromatic rings. The number of carbonyl (C=O) groups is 2. The van der Waals surface area contributed by atoms with Gasteiger partial charge in [0.2, 0.25) is 11.8 Å². The summed E-state index contributed by atoms with van der Waals surface area (Å²) in [6.07, 6.45) is 2.81. The summed E-state index contributed by atoms with van der Waals surface area (Å²) in [4.78, 5) is 26.3. The van der Waals surface area contributed by atoms with Crippen LogP contribution in [-0.2, 0) is 16.0 Å². The van der Waals surface area contributed by atoms with Crippen LogP contribution in [0.3, 0.4) is 0 Å². The molecule has 1 saturated heterocycles. The van der Waals surface area contributed by atoms with Gasteiger partial charge in [0.1, 0.15) is 12.1 Å². The van der Waals surface area contributed by atoms with Gasteiger partial charge in [-0.3, -0.25) is 9.59 Å². The van der Waals surface area contributed by atoms with E-state index in [1.54, 1.807) is 11.8 Å². The first-order chi connectivity index (χ1) is 10.1. The Morgan fingerprint density at radius 3 is 2.52 bits per heavy atom. The maximum atomic E-state index is 12.5. The SMILES string of the molecule is CC1C(=O)NC(C2CC2)C(=O)N1CCc1ccc(Cl)cc1. The summed E-state index contributed by atoms with van der Waals surface area (Å²) in [7, 11) is 0. The highest BCUT2D eigenvalue weighted by Gasteiger charge is 2.45. The van der Waals surface area contributed by atoms with Crippen molar-refractivity contribution in [2.24, 2.45) is 5.92 Å². The Hall–Kier alpha value is -1.55. The summed E-state index contributed by atoms with van der Waals surface area (Å²) in [6, 6.07) is 6.91. The predicted molar refractivity (Wildman–Crippen MR) is 81.0 cm³/mol. The Morgan fingerprint density at radius 2 is 1.90 bits per heavy atom. The fourth-order valence-electron chi connectivity index (χ4n) is 2.80. The van der Waals surface area contributed by atoms with E-state index in [1.165, 1.54) is 0 Å². The molecule has 112 valence electrons. The zero-order valence-electron chi connectivity index (χ0n) is 12.0. The summed E-state index contributed by atoms with van der Waals surface area (Å²) >= 11 is 5.87. The number of hydrogen-bond acceptors (Lipinski definition) is 2. The largest absolute Gasteiger partial charge is 0.342 e. The molecule has 2 amide bonds. The van der Waals surface area contributed by atoms with Crippen molar-refractivity contribution in [3.63, 3.8) is 0 Å². The second-order valence-electron chi connectivity index (χ2n) is 5.91. The first-order valence-electron chi connectivity index (χ1n) is 7.41. The van der Waals surface area contributed by atoms with Gasteiger partial charge >= 0.3 is 0 Å². The van der Waals surface area contributed by atoms with Gasteiger partial charge in [0.05, 0.1) is 0 Å². The molecular weight excluding hydrogens is 288 g/mol. The van der Waals surface area contributed by atoms with Crippen LogP contribution in [0.1, 0.15) is 25.3 Å². The van der Waals surface area contributed by atoms with Crippen LogP contribution < -0.4 is 5.32 Å². The number of hydrogen-bond donors (Lipinski definition) is 1. The van der Waals surface area contributed by atoms with E-state index in [1.807, 2.05) is 24.3 Å². The lowest BCUT2D eigenvalue weighted by molar-refractivity contribution is -0.149. The molecule has 1 saturated carbocycles. The lowest BCUT2D eigenvalue weighted by Gasteiger charge is -2.37. The Kier molecular flexibility index (Phi) is 3.89. The number of carbonyl (C=O) groups excluding carboxylic acids is 2. The van der Waals surface area contributed by atoms with Gasteiger partial charge in [-0.2, -0.15) is 0 Å². The van der Waals surface area contributed by atoms with Crippen molar-refractivity contribution in [3.8, 4) is 0 Å². The second-order valence-corrected chi connectivity index (χ2v) is 6.34. The summed E-state index contributed by atoms with van der Waals surface area (Å²) in [5, 5.41) is 3.57. The quantitative estimate of drug-likeness (QED) is 0.925. The fraction of sp³-hybridized carbons (Fsp3) is 0.500. The molecule has 2 atom stereocenters. The van der Waals surface area contributed by atoms with E-state index in [0.29, 0.717) is 17.5 Å². The number of amides is 2. The molecule has 0 aromatic heterocycles. The lowest BCUT2D eigenvalue weighted by Crippen LogP contribution is -2.63. The molecule has 1 aromatic carbocycles. The maximum absolute atomic E-state index is 12.5. The second kappa shape index (κ2) is 5.68. The smallest absolute Gasteiger partial charge is 0.246 e. The van der Waals surface area contributed by atoms with Crippen molar-refractivity contribution >= 4 is 23.4 Å². The van der Waals surface area contributed by atoms with Crippen LogP contribution in [0.4, 0.5) is 0 Å². The Balaban J connectivity index is 1.68. The van der Waals surface area contributed by atoms with E-state index >= 15 is 0 Å². The molecule has 2 fully saturated rings. The van der Waals surface area contributed by atoms with Gasteiger partial charge in [0.15, 0.2) is 0 Å². The van der Waals surface area contributed by atoms with Crippen LogP contribution in [0, 0.1) is 5.92 Å². The molecule has 1 N–H and O–H groups in total. The summed E-state index contributed by atoms with van der Waals surface area (Å²) < 4.78 is 0. The zero-order chi connectivity index (χ0) is 15.0. The molecule has 1 aliphatic heterocycles. The van der Waals surface area contributed by atoms with E-state index < -0.39 is 0 Å². The van der Waals surface area contributed by atoms with E-state index in [4.69, 9.17) is 11.6 Å². The van der Waals surface area contributed by atoms with E-state index in [-0.39, 0.29) is 23.9 Å². The van der Waals surface area contributed by atoms with Crippen molar-refractivity contribution in [1.29, 1.82) is 0 Å². The van der Waals surface area contributed by atoms with Gasteiger partial charge in [0, 0.05) is 11.6 Å². The van der Waals surface area contributed by atoms with Gasteiger partial charge in [-0.15, -0.1) is 0 Å². The minimum Gasteiger partial charge on any atom is -0.342 e. The van der Waals surface area contributed by atoms with Crippen molar-refractivity contribution in [2.75, 3.05) is 6.54 Å². The van der Waals surface area contributed by atoms with Crippen LogP contribution in [0.5, 0.6) is 0 Å². The summed E-state index contributed by atoms with van der Waals surface area (Å²) in [5.74, 6) is 0.369. The summed E-state index contributed by atoms with van der Waals surface area (Å²) in [6.45, 7) is 2.36. The van der Waals surface area contributed by atoms with Crippen LogP contribution in [0.2, 0.25) is 5.02 Å². The third kappa shape index (κ3) is 3.05. The first kappa shape index (κ1) is 14.4. The molecule has 1 heterocycles. The number of benzene rings is 1. The molecule has 4 nitrogen and oxygen atoms in total. The topological polar surface area (TPSA) is 49.4 Å². The number of halogens is 1. The van der Waals surface area contributed by atoms with Crippen molar-refractivity contribution < 1.29 is 9.59 Å². The molecule has 0 radical (unpaired) electrons. The van der Waals surface area contributed by atoms with Gasteiger partial charge in [-0.05, 0) is 49.8 Å². The molecule has 2 aliphatic rings. The van der Waals surface area contributed by atoms with Crippen molar-refractivity contribution in [3.05, 3.63) is 34.9 Å². The van der Waals surface area contributed by atoms with Crippen LogP contribution >= 0.6 is 11.6 Å². The van der Waals surface area contributed by atoms with E-state index in [0.717, 1.165) is 24.8 Å². The highest BCUT2D eigenvalue weighted by Crippen LogP contribution is 2.35. The van der Waals surface area contributed by atoms with Crippen LogP contribution in [-0.4, -0.2) is 35.3 Å². The van der Waals surface area contributed by atoms with Crippen LogP contribution in [0.15, 0.2) is 24.3 Å². The van der Waals surface area contributed by atoms with Crippen molar-refractivity contribution in [1.82, 2.24) is 10.2 Å². The minimum atomic E-state index is -0.389. The molecule has 2 unspecified atom stereocenters. The highest BCUT2D eigenvalue weighted by atomic mass is 35.5. The number of rotatable bonds is 4. The normalized spacial score (nSPS) is 25.9. The van der Waals surface area contributed by atoms with Crippen LogP contribution in [0.25, 0.3) is 0 Å². The average Bonchev–Trinajstić information content (AvgIpc) is 3.29. The predicted octanol–water partition coefficient (Wildman–Crippen LogP) is 2.01. The Bertz CT molecular complexity index is 554. The molecule has 21 heavy (non-hydrogen) atoms. The third-order valence-electron chi connectivity index (χ3n) is 4.34. The molecular formula is C16H19ClN2O2. The van der Waals surface area contributed by atoms with Gasteiger partial charge in [-0.25, -0.2) is 0 Å². The first-order valence-corrected chi connectivity index (χ1v) is 7.79.